The van der Waals surface area contributed by atoms with Crippen LogP contribution in [0.1, 0.15) is 45.2 Å². The van der Waals surface area contributed by atoms with Crippen LogP contribution in [-0.4, -0.2) is 25.1 Å². The Morgan fingerprint density at radius 2 is 2.10 bits per heavy atom. The van der Waals surface area contributed by atoms with Gasteiger partial charge in [0.05, 0.1) is 4.90 Å². The molecule has 3 rings (SSSR count). The Balaban J connectivity index is 1.75. The SMILES string of the molecule is CCCn1cc(S(=O)(=O)NC2CC2C)cc1CNC1CC1. The van der Waals surface area contributed by atoms with Crippen molar-refractivity contribution in [3.05, 3.63) is 18.0 Å². The summed E-state index contributed by atoms with van der Waals surface area (Å²) in [5.74, 6) is 0.466. The summed E-state index contributed by atoms with van der Waals surface area (Å²) in [5, 5.41) is 3.46. The monoisotopic (exact) mass is 311 g/mol. The Morgan fingerprint density at radius 1 is 1.38 bits per heavy atom. The minimum atomic E-state index is -3.37. The van der Waals surface area contributed by atoms with Gasteiger partial charge in [-0.15, -0.1) is 0 Å². The summed E-state index contributed by atoms with van der Waals surface area (Å²) in [7, 11) is -3.37. The fraction of sp³-hybridized carbons (Fsp3) is 0.733. The van der Waals surface area contributed by atoms with Crippen LogP contribution in [-0.2, 0) is 23.1 Å². The average molecular weight is 311 g/mol. The van der Waals surface area contributed by atoms with Crippen LogP contribution >= 0.6 is 0 Å². The second kappa shape index (κ2) is 5.74. The van der Waals surface area contributed by atoms with E-state index in [2.05, 4.69) is 28.5 Å². The van der Waals surface area contributed by atoms with Crippen LogP contribution in [0.25, 0.3) is 0 Å². The molecular formula is C15H25N3O2S. The first-order valence-electron chi connectivity index (χ1n) is 7.94. The van der Waals surface area contributed by atoms with E-state index in [4.69, 9.17) is 0 Å². The van der Waals surface area contributed by atoms with Crippen LogP contribution in [0.2, 0.25) is 0 Å². The van der Waals surface area contributed by atoms with Gasteiger partial charge in [-0.25, -0.2) is 13.1 Å². The minimum Gasteiger partial charge on any atom is -0.349 e. The van der Waals surface area contributed by atoms with Gasteiger partial charge in [0.15, 0.2) is 0 Å². The van der Waals surface area contributed by atoms with Crippen molar-refractivity contribution in [2.75, 3.05) is 0 Å². The summed E-state index contributed by atoms with van der Waals surface area (Å²) in [6.45, 7) is 5.79. The molecule has 2 aliphatic carbocycles. The molecule has 2 atom stereocenters. The van der Waals surface area contributed by atoms with Crippen LogP contribution in [0.3, 0.4) is 0 Å². The van der Waals surface area contributed by atoms with Crippen molar-refractivity contribution in [2.24, 2.45) is 5.92 Å². The largest absolute Gasteiger partial charge is 0.349 e. The standard InChI is InChI=1S/C15H25N3O2S/c1-3-6-18-10-14(8-13(18)9-16-12-4-5-12)21(19,20)17-15-7-11(15)2/h8,10-12,15-17H,3-7,9H2,1-2H3. The van der Waals surface area contributed by atoms with Crippen molar-refractivity contribution in [1.82, 2.24) is 14.6 Å². The van der Waals surface area contributed by atoms with Crippen molar-refractivity contribution in [3.63, 3.8) is 0 Å². The second-order valence-corrected chi connectivity index (χ2v) is 8.17. The molecule has 2 aliphatic rings. The van der Waals surface area contributed by atoms with Crippen molar-refractivity contribution in [1.29, 1.82) is 0 Å². The van der Waals surface area contributed by atoms with Crippen LogP contribution in [0.15, 0.2) is 17.2 Å². The predicted octanol–water partition coefficient (Wildman–Crippen LogP) is 1.84. The van der Waals surface area contributed by atoms with E-state index < -0.39 is 10.0 Å². The first-order valence-corrected chi connectivity index (χ1v) is 9.42. The van der Waals surface area contributed by atoms with E-state index in [-0.39, 0.29) is 6.04 Å². The second-order valence-electron chi connectivity index (χ2n) is 6.46. The maximum absolute atomic E-state index is 12.4. The van der Waals surface area contributed by atoms with Crippen LogP contribution in [0.4, 0.5) is 0 Å². The van der Waals surface area contributed by atoms with Crippen LogP contribution < -0.4 is 10.0 Å². The zero-order chi connectivity index (χ0) is 15.0. The zero-order valence-corrected chi connectivity index (χ0v) is 13.6. The highest BCUT2D eigenvalue weighted by molar-refractivity contribution is 7.89. The third kappa shape index (κ3) is 3.67. The number of nitrogens with zero attached hydrogens (tertiary/aromatic N) is 1. The lowest BCUT2D eigenvalue weighted by Gasteiger charge is -2.07. The maximum Gasteiger partial charge on any atom is 0.242 e. The lowest BCUT2D eigenvalue weighted by atomic mass is 10.4. The molecule has 0 amide bonds. The lowest BCUT2D eigenvalue weighted by molar-refractivity contribution is 0.577. The molecule has 1 heterocycles. The highest BCUT2D eigenvalue weighted by Crippen LogP contribution is 2.31. The Hall–Kier alpha value is -0.850. The third-order valence-electron chi connectivity index (χ3n) is 4.30. The molecule has 118 valence electrons. The maximum atomic E-state index is 12.4. The van der Waals surface area contributed by atoms with Crippen molar-refractivity contribution in [3.8, 4) is 0 Å². The van der Waals surface area contributed by atoms with Gasteiger partial charge in [-0.3, -0.25) is 0 Å². The predicted molar refractivity (Wildman–Crippen MR) is 82.5 cm³/mol. The zero-order valence-electron chi connectivity index (χ0n) is 12.8. The quantitative estimate of drug-likeness (QED) is 0.770. The molecule has 0 bridgehead atoms. The van der Waals surface area contributed by atoms with Gasteiger partial charge < -0.3 is 9.88 Å². The lowest BCUT2D eigenvalue weighted by Crippen LogP contribution is -2.26. The first-order chi connectivity index (χ1) is 9.99. The van der Waals surface area contributed by atoms with E-state index in [1.54, 1.807) is 6.20 Å². The fourth-order valence-corrected chi connectivity index (χ4v) is 3.98. The molecule has 2 saturated carbocycles. The van der Waals surface area contributed by atoms with Gasteiger partial charge in [-0.1, -0.05) is 13.8 Å². The van der Waals surface area contributed by atoms with Crippen molar-refractivity contribution in [2.45, 2.75) is 69.6 Å². The van der Waals surface area contributed by atoms with Gasteiger partial charge in [-0.05, 0) is 37.7 Å². The Labute approximate surface area is 127 Å². The molecule has 1 aromatic rings. The van der Waals surface area contributed by atoms with Gasteiger partial charge in [0.25, 0.3) is 0 Å². The molecule has 0 spiro atoms. The third-order valence-corrected chi connectivity index (χ3v) is 5.76. The molecular weight excluding hydrogens is 286 g/mol. The number of sulfonamides is 1. The molecule has 6 heteroatoms. The number of rotatable bonds is 8. The molecule has 2 unspecified atom stereocenters. The number of hydrogen-bond acceptors (Lipinski definition) is 3. The molecule has 0 saturated heterocycles. The normalized spacial score (nSPS) is 25.2. The Kier molecular flexibility index (Phi) is 4.12. The highest BCUT2D eigenvalue weighted by atomic mass is 32.2. The van der Waals surface area contributed by atoms with Gasteiger partial charge in [0, 0.05) is 37.1 Å². The van der Waals surface area contributed by atoms with E-state index in [0.29, 0.717) is 16.9 Å². The summed E-state index contributed by atoms with van der Waals surface area (Å²) in [6.07, 6.45) is 6.20. The van der Waals surface area contributed by atoms with Gasteiger partial charge in [-0.2, -0.15) is 0 Å². The van der Waals surface area contributed by atoms with Gasteiger partial charge >= 0.3 is 0 Å². The molecule has 0 aliphatic heterocycles. The van der Waals surface area contributed by atoms with E-state index in [1.165, 1.54) is 12.8 Å². The highest BCUT2D eigenvalue weighted by Gasteiger charge is 2.36. The van der Waals surface area contributed by atoms with Gasteiger partial charge in [0.2, 0.25) is 10.0 Å². The van der Waals surface area contributed by atoms with Crippen molar-refractivity contribution < 1.29 is 8.42 Å². The fourth-order valence-electron chi connectivity index (χ4n) is 2.56. The van der Waals surface area contributed by atoms with Crippen LogP contribution in [0.5, 0.6) is 0 Å². The summed E-state index contributed by atoms with van der Waals surface area (Å²) in [6, 6.07) is 2.57. The molecule has 21 heavy (non-hydrogen) atoms. The topological polar surface area (TPSA) is 63.1 Å². The number of aromatic nitrogens is 1. The Morgan fingerprint density at radius 3 is 2.67 bits per heavy atom. The number of aryl methyl sites for hydroxylation is 1. The molecule has 2 N–H and O–H groups in total. The smallest absolute Gasteiger partial charge is 0.242 e. The number of nitrogens with one attached hydrogen (secondary N) is 2. The minimum absolute atomic E-state index is 0.123. The number of hydrogen-bond donors (Lipinski definition) is 2. The van der Waals surface area contributed by atoms with Crippen LogP contribution in [0, 0.1) is 5.92 Å². The molecule has 0 aromatic carbocycles. The Bertz CT molecular complexity index is 604. The van der Waals surface area contributed by atoms with E-state index in [9.17, 15) is 8.42 Å². The summed E-state index contributed by atoms with van der Waals surface area (Å²) >= 11 is 0. The molecule has 2 fully saturated rings. The summed E-state index contributed by atoms with van der Waals surface area (Å²) < 4.78 is 29.7. The van der Waals surface area contributed by atoms with Gasteiger partial charge in [0.1, 0.15) is 0 Å². The van der Waals surface area contributed by atoms with Crippen molar-refractivity contribution >= 4 is 10.0 Å². The average Bonchev–Trinajstić information content (AvgIpc) is 3.32. The summed E-state index contributed by atoms with van der Waals surface area (Å²) in [5.41, 5.74) is 1.06. The van der Waals surface area contributed by atoms with E-state index >= 15 is 0 Å². The molecule has 0 radical (unpaired) electrons. The first kappa shape index (κ1) is 15.1. The molecule has 5 nitrogen and oxygen atoms in total. The molecule has 1 aromatic heterocycles. The summed E-state index contributed by atoms with van der Waals surface area (Å²) in [4.78, 5) is 0.405. The van der Waals surface area contributed by atoms with E-state index in [1.807, 2.05) is 6.07 Å². The van der Waals surface area contributed by atoms with E-state index in [0.717, 1.165) is 31.6 Å².